The molecule has 0 bridgehead atoms. The summed E-state index contributed by atoms with van der Waals surface area (Å²) in [6, 6.07) is 5.82. The highest BCUT2D eigenvalue weighted by atomic mass is 35.5. The third kappa shape index (κ3) is 4.14. The highest BCUT2D eigenvalue weighted by molar-refractivity contribution is 5.87. The largest absolute Gasteiger partial charge is 0.397 e. The summed E-state index contributed by atoms with van der Waals surface area (Å²) in [6.45, 7) is 4.38. The SMILES string of the molecule is Cl.Cl.Cl.Nc1cccc2[nH]c(CN3CCOCC3)nc12. The van der Waals surface area contributed by atoms with Crippen molar-refractivity contribution in [3.63, 3.8) is 0 Å². The molecule has 0 unspecified atom stereocenters. The number of nitrogens with two attached hydrogens (primary N) is 1. The molecule has 1 aliphatic rings. The van der Waals surface area contributed by atoms with E-state index in [9.17, 15) is 0 Å². The molecule has 0 spiro atoms. The van der Waals surface area contributed by atoms with Gasteiger partial charge in [0, 0.05) is 13.1 Å². The minimum absolute atomic E-state index is 0. The zero-order chi connectivity index (χ0) is 11.7. The minimum atomic E-state index is 0. The van der Waals surface area contributed by atoms with Crippen molar-refractivity contribution in [3.05, 3.63) is 24.0 Å². The molecular weight excluding hydrogens is 323 g/mol. The third-order valence-electron chi connectivity index (χ3n) is 3.07. The van der Waals surface area contributed by atoms with Crippen LogP contribution in [0.5, 0.6) is 0 Å². The molecule has 3 N–H and O–H groups in total. The van der Waals surface area contributed by atoms with Crippen molar-refractivity contribution in [2.75, 3.05) is 32.0 Å². The van der Waals surface area contributed by atoms with E-state index >= 15 is 0 Å². The second kappa shape index (κ2) is 8.54. The van der Waals surface area contributed by atoms with E-state index in [2.05, 4.69) is 14.9 Å². The van der Waals surface area contributed by atoms with Gasteiger partial charge in [-0.25, -0.2) is 4.98 Å². The van der Waals surface area contributed by atoms with Crippen molar-refractivity contribution in [2.45, 2.75) is 6.54 Å². The summed E-state index contributed by atoms with van der Waals surface area (Å²) < 4.78 is 5.32. The van der Waals surface area contributed by atoms with Crippen LogP contribution in [0.2, 0.25) is 0 Å². The van der Waals surface area contributed by atoms with Gasteiger partial charge in [0.15, 0.2) is 0 Å². The molecule has 114 valence electrons. The molecule has 1 aromatic heterocycles. The highest BCUT2D eigenvalue weighted by Crippen LogP contribution is 2.18. The van der Waals surface area contributed by atoms with Crippen LogP contribution >= 0.6 is 37.2 Å². The summed E-state index contributed by atoms with van der Waals surface area (Å²) in [6.07, 6.45) is 0. The fourth-order valence-electron chi connectivity index (χ4n) is 2.15. The lowest BCUT2D eigenvalue weighted by atomic mass is 10.3. The summed E-state index contributed by atoms with van der Waals surface area (Å²) >= 11 is 0. The maximum atomic E-state index is 5.89. The Balaban J connectivity index is 0.00000120. The normalized spacial score (nSPS) is 15.0. The van der Waals surface area contributed by atoms with Gasteiger partial charge in [0.25, 0.3) is 0 Å². The van der Waals surface area contributed by atoms with Crippen LogP contribution in [-0.4, -0.2) is 41.2 Å². The zero-order valence-corrected chi connectivity index (χ0v) is 13.3. The predicted octanol–water partition coefficient (Wildman–Crippen LogP) is 2.24. The molecule has 1 aliphatic heterocycles. The van der Waals surface area contributed by atoms with Gasteiger partial charge in [-0.1, -0.05) is 6.07 Å². The van der Waals surface area contributed by atoms with Crippen LogP contribution in [0.15, 0.2) is 18.2 Å². The van der Waals surface area contributed by atoms with Crippen LogP contribution in [-0.2, 0) is 11.3 Å². The second-order valence-corrected chi connectivity index (χ2v) is 4.32. The molecule has 1 fully saturated rings. The van der Waals surface area contributed by atoms with Crippen LogP contribution in [0.1, 0.15) is 5.82 Å². The molecule has 0 saturated carbocycles. The van der Waals surface area contributed by atoms with E-state index in [1.165, 1.54) is 0 Å². The minimum Gasteiger partial charge on any atom is -0.397 e. The number of anilines is 1. The number of imidazole rings is 1. The zero-order valence-electron chi connectivity index (χ0n) is 10.9. The van der Waals surface area contributed by atoms with E-state index in [0.717, 1.165) is 55.4 Å². The van der Waals surface area contributed by atoms with Gasteiger partial charge in [0.1, 0.15) is 11.3 Å². The highest BCUT2D eigenvalue weighted by Gasteiger charge is 2.13. The Morgan fingerprint density at radius 1 is 1.20 bits per heavy atom. The van der Waals surface area contributed by atoms with Gasteiger partial charge in [0.05, 0.1) is 31.0 Å². The van der Waals surface area contributed by atoms with Gasteiger partial charge in [0.2, 0.25) is 0 Å². The molecule has 8 heteroatoms. The van der Waals surface area contributed by atoms with Crippen LogP contribution in [0.25, 0.3) is 11.0 Å². The predicted molar refractivity (Wildman–Crippen MR) is 88.3 cm³/mol. The number of nitrogen functional groups attached to an aromatic ring is 1. The summed E-state index contributed by atoms with van der Waals surface area (Å²) in [5.41, 5.74) is 8.49. The number of hydrogen-bond acceptors (Lipinski definition) is 4. The first kappa shape index (κ1) is 19.3. The molecule has 1 aromatic carbocycles. The molecule has 20 heavy (non-hydrogen) atoms. The maximum absolute atomic E-state index is 5.89. The summed E-state index contributed by atoms with van der Waals surface area (Å²) in [4.78, 5) is 10.2. The number of halogens is 3. The number of benzene rings is 1. The van der Waals surface area contributed by atoms with Crippen LogP contribution in [0.4, 0.5) is 5.69 Å². The maximum Gasteiger partial charge on any atom is 0.121 e. The molecule has 3 rings (SSSR count). The molecule has 0 aliphatic carbocycles. The Bertz CT molecular complexity index is 528. The number of hydrogen-bond donors (Lipinski definition) is 2. The van der Waals surface area contributed by atoms with Gasteiger partial charge in [-0.05, 0) is 12.1 Å². The van der Waals surface area contributed by atoms with E-state index < -0.39 is 0 Å². The lowest BCUT2D eigenvalue weighted by Crippen LogP contribution is -2.35. The molecule has 2 heterocycles. The standard InChI is InChI=1S/C12H16N4O.3ClH/c13-9-2-1-3-10-12(9)15-11(14-10)8-16-4-6-17-7-5-16;;;/h1-3H,4-8,13H2,(H,14,15);3*1H. The first-order valence-corrected chi connectivity index (χ1v) is 5.86. The number of para-hydroxylation sites is 1. The van der Waals surface area contributed by atoms with Crippen LogP contribution in [0.3, 0.4) is 0 Å². The Labute approximate surface area is 136 Å². The fourth-order valence-corrected chi connectivity index (χ4v) is 2.15. The first-order chi connectivity index (χ1) is 8.33. The van der Waals surface area contributed by atoms with Crippen molar-refractivity contribution in [3.8, 4) is 0 Å². The summed E-state index contributed by atoms with van der Waals surface area (Å²) in [7, 11) is 0. The number of H-pyrrole nitrogens is 1. The Morgan fingerprint density at radius 2 is 1.90 bits per heavy atom. The van der Waals surface area contributed by atoms with Gasteiger partial charge in [-0.3, -0.25) is 4.90 Å². The van der Waals surface area contributed by atoms with Crippen molar-refractivity contribution in [1.29, 1.82) is 0 Å². The smallest absolute Gasteiger partial charge is 0.121 e. The Kier molecular flexibility index (Phi) is 8.23. The van der Waals surface area contributed by atoms with Crippen molar-refractivity contribution < 1.29 is 4.74 Å². The molecule has 0 atom stereocenters. The van der Waals surface area contributed by atoms with E-state index in [1.54, 1.807) is 0 Å². The molecule has 0 amide bonds. The van der Waals surface area contributed by atoms with Crippen LogP contribution in [0, 0.1) is 0 Å². The molecule has 1 saturated heterocycles. The molecule has 5 nitrogen and oxygen atoms in total. The summed E-state index contributed by atoms with van der Waals surface area (Å²) in [5.74, 6) is 0.972. The fraction of sp³-hybridized carbons (Fsp3) is 0.417. The van der Waals surface area contributed by atoms with Crippen molar-refractivity contribution in [2.24, 2.45) is 0 Å². The number of aromatic nitrogens is 2. The van der Waals surface area contributed by atoms with E-state index in [0.29, 0.717) is 0 Å². The van der Waals surface area contributed by atoms with Gasteiger partial charge >= 0.3 is 0 Å². The number of rotatable bonds is 2. The first-order valence-electron chi connectivity index (χ1n) is 5.86. The number of ether oxygens (including phenoxy) is 1. The molecule has 2 aromatic rings. The second-order valence-electron chi connectivity index (χ2n) is 4.32. The number of fused-ring (bicyclic) bond motifs is 1. The number of morpholine rings is 1. The van der Waals surface area contributed by atoms with E-state index in [-0.39, 0.29) is 37.2 Å². The Morgan fingerprint density at radius 3 is 2.55 bits per heavy atom. The van der Waals surface area contributed by atoms with Crippen molar-refractivity contribution >= 4 is 53.9 Å². The van der Waals surface area contributed by atoms with Gasteiger partial charge in [-0.15, -0.1) is 37.2 Å². The Hall–Kier alpha value is -0.720. The molecule has 0 radical (unpaired) electrons. The topological polar surface area (TPSA) is 67.2 Å². The van der Waals surface area contributed by atoms with Crippen LogP contribution < -0.4 is 5.73 Å². The number of nitrogens with zero attached hydrogens (tertiary/aromatic N) is 2. The quantitative estimate of drug-likeness (QED) is 0.822. The number of aromatic amines is 1. The lowest BCUT2D eigenvalue weighted by Gasteiger charge is -2.25. The lowest BCUT2D eigenvalue weighted by molar-refractivity contribution is 0.0332. The monoisotopic (exact) mass is 340 g/mol. The summed E-state index contributed by atoms with van der Waals surface area (Å²) in [5, 5.41) is 0. The molecular formula is C12H19Cl3N4O. The average molecular weight is 342 g/mol. The van der Waals surface area contributed by atoms with E-state index in [4.69, 9.17) is 10.5 Å². The van der Waals surface area contributed by atoms with Gasteiger partial charge in [-0.2, -0.15) is 0 Å². The van der Waals surface area contributed by atoms with E-state index in [1.807, 2.05) is 18.2 Å². The average Bonchev–Trinajstić information content (AvgIpc) is 2.74. The van der Waals surface area contributed by atoms with Gasteiger partial charge < -0.3 is 15.5 Å². The number of nitrogens with one attached hydrogen (secondary N) is 1. The third-order valence-corrected chi connectivity index (χ3v) is 3.07. The van der Waals surface area contributed by atoms with Crippen molar-refractivity contribution in [1.82, 2.24) is 14.9 Å².